The molecule has 136 valence electrons. The van der Waals surface area contributed by atoms with E-state index in [0.29, 0.717) is 43.5 Å². The molecule has 2 amide bonds. The molecule has 2 aromatic rings. The molecular formula is C21H20N4O2. The predicted octanol–water partition coefficient (Wildman–Crippen LogP) is 2.10. The number of benzene rings is 1. The molecule has 1 spiro atoms. The lowest BCUT2D eigenvalue weighted by Gasteiger charge is -2.43. The van der Waals surface area contributed by atoms with Gasteiger partial charge in [0.25, 0.3) is 5.91 Å². The quantitative estimate of drug-likeness (QED) is 0.822. The highest BCUT2D eigenvalue weighted by Gasteiger charge is 2.50. The molecule has 1 aromatic heterocycles. The van der Waals surface area contributed by atoms with Crippen LogP contribution in [0.15, 0.2) is 42.6 Å². The van der Waals surface area contributed by atoms with Gasteiger partial charge in [0.2, 0.25) is 5.91 Å². The zero-order valence-electron chi connectivity index (χ0n) is 15.2. The van der Waals surface area contributed by atoms with Crippen molar-refractivity contribution >= 4 is 11.8 Å². The Morgan fingerprint density at radius 1 is 1.22 bits per heavy atom. The van der Waals surface area contributed by atoms with E-state index >= 15 is 0 Å². The number of fused-ring (bicyclic) bond motifs is 2. The smallest absolute Gasteiger partial charge is 0.256 e. The van der Waals surface area contributed by atoms with Crippen molar-refractivity contribution in [1.82, 2.24) is 14.8 Å². The van der Waals surface area contributed by atoms with Crippen molar-refractivity contribution in [2.45, 2.75) is 24.8 Å². The van der Waals surface area contributed by atoms with Gasteiger partial charge in [0.1, 0.15) is 0 Å². The first-order chi connectivity index (χ1) is 13.0. The maximum atomic E-state index is 12.7. The maximum Gasteiger partial charge on any atom is 0.256 e. The third-order valence-electron chi connectivity index (χ3n) is 5.81. The molecule has 2 aliphatic rings. The number of amides is 2. The van der Waals surface area contributed by atoms with Crippen LogP contribution in [0.25, 0.3) is 0 Å². The first kappa shape index (κ1) is 17.2. The van der Waals surface area contributed by atoms with Crippen LogP contribution in [0.3, 0.4) is 0 Å². The van der Waals surface area contributed by atoms with Gasteiger partial charge in [-0.3, -0.25) is 14.6 Å². The first-order valence-corrected chi connectivity index (χ1v) is 9.06. The van der Waals surface area contributed by atoms with E-state index in [0.717, 1.165) is 11.3 Å². The van der Waals surface area contributed by atoms with Gasteiger partial charge in [-0.15, -0.1) is 0 Å². The molecule has 6 nitrogen and oxygen atoms in total. The molecule has 0 atom stereocenters. The Bertz CT molecular complexity index is 937. The largest absolute Gasteiger partial charge is 0.342 e. The molecule has 6 heteroatoms. The van der Waals surface area contributed by atoms with Gasteiger partial charge in [-0.1, -0.05) is 12.1 Å². The van der Waals surface area contributed by atoms with E-state index in [1.54, 1.807) is 29.3 Å². The Balaban J connectivity index is 1.46. The van der Waals surface area contributed by atoms with Crippen molar-refractivity contribution in [3.05, 3.63) is 65.0 Å². The molecule has 0 radical (unpaired) electrons. The van der Waals surface area contributed by atoms with Crippen LogP contribution in [0, 0.1) is 11.3 Å². The summed E-state index contributed by atoms with van der Waals surface area (Å²) in [6, 6.07) is 12.8. The summed E-state index contributed by atoms with van der Waals surface area (Å²) in [5, 5.41) is 8.87. The van der Waals surface area contributed by atoms with Gasteiger partial charge >= 0.3 is 0 Å². The number of rotatable bonds is 2. The third kappa shape index (κ3) is 2.76. The summed E-state index contributed by atoms with van der Waals surface area (Å²) in [6.45, 7) is 1.20. The van der Waals surface area contributed by atoms with Gasteiger partial charge in [0.15, 0.2) is 0 Å². The molecule has 0 bridgehead atoms. The summed E-state index contributed by atoms with van der Waals surface area (Å²) in [5.41, 5.74) is 2.61. The molecular weight excluding hydrogens is 340 g/mol. The van der Waals surface area contributed by atoms with Crippen molar-refractivity contribution in [3.63, 3.8) is 0 Å². The van der Waals surface area contributed by atoms with Gasteiger partial charge in [-0.05, 0) is 42.7 Å². The molecule has 0 aliphatic carbocycles. The minimum Gasteiger partial charge on any atom is -0.342 e. The SMILES string of the molecule is CN1C(=O)c2cccnc2C12CCN(C(=O)Cc1ccc(C#N)cc1)CC2. The van der Waals surface area contributed by atoms with Gasteiger partial charge in [-0.25, -0.2) is 0 Å². The number of hydrogen-bond donors (Lipinski definition) is 0. The van der Waals surface area contributed by atoms with Gasteiger partial charge < -0.3 is 9.80 Å². The average Bonchev–Trinajstić information content (AvgIpc) is 2.92. The van der Waals surface area contributed by atoms with Crippen LogP contribution < -0.4 is 0 Å². The van der Waals surface area contributed by atoms with E-state index in [1.807, 2.05) is 30.1 Å². The molecule has 27 heavy (non-hydrogen) atoms. The number of nitriles is 1. The molecule has 0 saturated carbocycles. The Morgan fingerprint density at radius 2 is 1.93 bits per heavy atom. The summed E-state index contributed by atoms with van der Waals surface area (Å²) >= 11 is 0. The number of carbonyl (C=O) groups excluding carboxylic acids is 2. The number of pyridine rings is 1. The highest BCUT2D eigenvalue weighted by molar-refractivity contribution is 5.99. The van der Waals surface area contributed by atoms with E-state index in [2.05, 4.69) is 11.1 Å². The van der Waals surface area contributed by atoms with Crippen molar-refractivity contribution in [3.8, 4) is 6.07 Å². The Morgan fingerprint density at radius 3 is 2.59 bits per heavy atom. The van der Waals surface area contributed by atoms with Crippen LogP contribution >= 0.6 is 0 Å². The van der Waals surface area contributed by atoms with Gasteiger partial charge in [-0.2, -0.15) is 5.26 Å². The topological polar surface area (TPSA) is 77.3 Å². The van der Waals surface area contributed by atoms with E-state index in [-0.39, 0.29) is 11.8 Å². The van der Waals surface area contributed by atoms with E-state index in [9.17, 15) is 9.59 Å². The number of nitrogens with zero attached hydrogens (tertiary/aromatic N) is 4. The average molecular weight is 360 g/mol. The Hall–Kier alpha value is -3.20. The van der Waals surface area contributed by atoms with E-state index < -0.39 is 5.54 Å². The van der Waals surface area contributed by atoms with Crippen LogP contribution in [0.5, 0.6) is 0 Å². The van der Waals surface area contributed by atoms with E-state index in [4.69, 9.17) is 5.26 Å². The fourth-order valence-corrected chi connectivity index (χ4v) is 4.16. The monoisotopic (exact) mass is 360 g/mol. The van der Waals surface area contributed by atoms with Crippen molar-refractivity contribution in [2.75, 3.05) is 20.1 Å². The first-order valence-electron chi connectivity index (χ1n) is 9.06. The van der Waals surface area contributed by atoms with Crippen LogP contribution in [0.1, 0.15) is 40.0 Å². The maximum absolute atomic E-state index is 12.7. The molecule has 0 N–H and O–H groups in total. The zero-order chi connectivity index (χ0) is 19.0. The summed E-state index contributed by atoms with van der Waals surface area (Å²) in [4.78, 5) is 33.4. The second kappa shape index (κ2) is 6.51. The number of aromatic nitrogens is 1. The van der Waals surface area contributed by atoms with Crippen LogP contribution in [-0.2, 0) is 16.8 Å². The minimum absolute atomic E-state index is 0.00968. The Labute approximate surface area is 158 Å². The molecule has 1 aromatic carbocycles. The molecule has 0 unspecified atom stereocenters. The molecule has 1 fully saturated rings. The lowest BCUT2D eigenvalue weighted by molar-refractivity contribution is -0.132. The van der Waals surface area contributed by atoms with E-state index in [1.165, 1.54) is 0 Å². The van der Waals surface area contributed by atoms with Gasteiger partial charge in [0.05, 0.1) is 34.8 Å². The Kier molecular flexibility index (Phi) is 4.15. The normalized spacial score (nSPS) is 17.7. The number of likely N-dealkylation sites (tertiary alicyclic amines) is 1. The fraction of sp³-hybridized carbons (Fsp3) is 0.333. The second-order valence-corrected chi connectivity index (χ2v) is 7.16. The lowest BCUT2D eigenvalue weighted by Crippen LogP contribution is -2.51. The second-order valence-electron chi connectivity index (χ2n) is 7.16. The van der Waals surface area contributed by atoms with Crippen LogP contribution in [0.4, 0.5) is 0 Å². The molecule has 1 saturated heterocycles. The van der Waals surface area contributed by atoms with Crippen LogP contribution in [0.2, 0.25) is 0 Å². The van der Waals surface area contributed by atoms with Crippen molar-refractivity contribution < 1.29 is 9.59 Å². The zero-order valence-corrected chi connectivity index (χ0v) is 15.2. The van der Waals surface area contributed by atoms with Crippen LogP contribution in [-0.4, -0.2) is 46.7 Å². The third-order valence-corrected chi connectivity index (χ3v) is 5.81. The molecule has 2 aliphatic heterocycles. The molecule has 3 heterocycles. The number of hydrogen-bond acceptors (Lipinski definition) is 4. The summed E-state index contributed by atoms with van der Waals surface area (Å²) in [5.74, 6) is 0.0817. The number of piperidine rings is 1. The lowest BCUT2D eigenvalue weighted by atomic mass is 9.84. The summed E-state index contributed by atoms with van der Waals surface area (Å²) in [6.07, 6.45) is 3.44. The van der Waals surface area contributed by atoms with Crippen molar-refractivity contribution in [2.24, 2.45) is 0 Å². The summed E-state index contributed by atoms with van der Waals surface area (Å²) in [7, 11) is 1.83. The number of carbonyl (C=O) groups is 2. The minimum atomic E-state index is -0.404. The van der Waals surface area contributed by atoms with Gasteiger partial charge in [0, 0.05) is 26.3 Å². The molecule has 4 rings (SSSR count). The highest BCUT2D eigenvalue weighted by Crippen LogP contribution is 2.44. The standard InChI is InChI=1S/C21H20N4O2/c1-24-20(27)17-3-2-10-23-19(17)21(24)8-11-25(12-9-21)18(26)13-15-4-6-16(14-22)7-5-15/h2-7,10H,8-9,11-13H2,1H3. The highest BCUT2D eigenvalue weighted by atomic mass is 16.2. The summed E-state index contributed by atoms with van der Waals surface area (Å²) < 4.78 is 0. The van der Waals surface area contributed by atoms with Crippen molar-refractivity contribution in [1.29, 1.82) is 5.26 Å². The predicted molar refractivity (Wildman–Crippen MR) is 98.7 cm³/mol. The fourth-order valence-electron chi connectivity index (χ4n) is 4.16.